The topological polar surface area (TPSA) is 116 Å². The highest BCUT2D eigenvalue weighted by molar-refractivity contribution is 8.03. The number of aliphatic hydroxyl groups excluding tert-OH is 1. The van der Waals surface area contributed by atoms with E-state index in [9.17, 15) is 19.8 Å². The van der Waals surface area contributed by atoms with Crippen LogP contribution in [0.4, 0.5) is 0 Å². The first-order valence-electron chi connectivity index (χ1n) is 9.36. The van der Waals surface area contributed by atoms with Crippen molar-refractivity contribution in [3.8, 4) is 0 Å². The minimum absolute atomic E-state index is 0.0880. The molecule has 1 aromatic heterocycles. The molecule has 0 spiro atoms. The first kappa shape index (κ1) is 19.2. The lowest BCUT2D eigenvalue weighted by molar-refractivity contribution is -0.163. The van der Waals surface area contributed by atoms with Crippen molar-refractivity contribution in [1.82, 2.24) is 15.4 Å². The summed E-state index contributed by atoms with van der Waals surface area (Å²) >= 11 is 1.54. The molecule has 150 valence electrons. The Labute approximate surface area is 166 Å². The predicted molar refractivity (Wildman–Crippen MR) is 103 cm³/mol. The molecule has 3 aliphatic rings. The second-order valence-corrected chi connectivity index (χ2v) is 8.88. The van der Waals surface area contributed by atoms with Crippen LogP contribution in [0.5, 0.6) is 0 Å². The maximum absolute atomic E-state index is 12.4. The predicted octanol–water partition coefficient (Wildman–Crippen LogP) is 1.31. The molecule has 9 heteroatoms. The van der Waals surface area contributed by atoms with E-state index in [4.69, 9.17) is 4.52 Å². The Bertz CT molecular complexity index is 835. The van der Waals surface area contributed by atoms with E-state index in [2.05, 4.69) is 10.5 Å². The number of carboxylic acids is 1. The summed E-state index contributed by atoms with van der Waals surface area (Å²) in [6.45, 7) is 4.28. The van der Waals surface area contributed by atoms with Crippen LogP contribution in [-0.2, 0) is 9.59 Å². The number of thioether (sulfide) groups is 1. The second-order valence-electron chi connectivity index (χ2n) is 7.54. The van der Waals surface area contributed by atoms with Crippen LogP contribution in [0.15, 0.2) is 33.5 Å². The van der Waals surface area contributed by atoms with Crippen LogP contribution in [0.25, 0.3) is 6.08 Å². The van der Waals surface area contributed by atoms with Gasteiger partial charge in [0.25, 0.3) is 0 Å². The molecular weight excluding hydrogens is 382 g/mol. The monoisotopic (exact) mass is 405 g/mol. The summed E-state index contributed by atoms with van der Waals surface area (Å²) in [5, 5.41) is 26.9. The van der Waals surface area contributed by atoms with Crippen molar-refractivity contribution < 1.29 is 24.3 Å². The van der Waals surface area contributed by atoms with Gasteiger partial charge in [0, 0.05) is 34.7 Å². The Balaban J connectivity index is 1.47. The molecule has 28 heavy (non-hydrogen) atoms. The van der Waals surface area contributed by atoms with Crippen LogP contribution in [0.3, 0.4) is 0 Å². The highest BCUT2D eigenvalue weighted by Gasteiger charge is 2.60. The maximum atomic E-state index is 12.4. The van der Waals surface area contributed by atoms with Crippen LogP contribution >= 0.6 is 11.8 Å². The van der Waals surface area contributed by atoms with Gasteiger partial charge in [0.1, 0.15) is 5.70 Å². The van der Waals surface area contributed by atoms with E-state index < -0.39 is 18.0 Å². The number of aromatic nitrogens is 1. The molecule has 8 nitrogen and oxygen atoms in total. The van der Waals surface area contributed by atoms with Crippen LogP contribution in [0, 0.1) is 11.8 Å². The third-order valence-electron chi connectivity index (χ3n) is 5.68. The van der Waals surface area contributed by atoms with Gasteiger partial charge in [0.2, 0.25) is 5.91 Å². The first-order valence-corrected chi connectivity index (χ1v) is 10.2. The summed E-state index contributed by atoms with van der Waals surface area (Å²) in [7, 11) is 0. The van der Waals surface area contributed by atoms with E-state index in [0.717, 1.165) is 17.9 Å². The summed E-state index contributed by atoms with van der Waals surface area (Å²) in [6, 6.07) is 1.68. The summed E-state index contributed by atoms with van der Waals surface area (Å²) in [6.07, 6.45) is 5.54. The molecule has 0 unspecified atom stereocenters. The van der Waals surface area contributed by atoms with E-state index in [0.29, 0.717) is 5.76 Å². The van der Waals surface area contributed by atoms with Crippen molar-refractivity contribution in [2.45, 2.75) is 43.7 Å². The third kappa shape index (κ3) is 3.17. The molecule has 2 fully saturated rings. The van der Waals surface area contributed by atoms with Gasteiger partial charge in [-0.2, -0.15) is 0 Å². The number of aliphatic carboxylic acids is 1. The van der Waals surface area contributed by atoms with Crippen molar-refractivity contribution in [1.29, 1.82) is 0 Å². The van der Waals surface area contributed by atoms with Crippen LogP contribution in [0.2, 0.25) is 0 Å². The zero-order valence-corrected chi connectivity index (χ0v) is 16.4. The average molecular weight is 405 g/mol. The molecule has 3 N–H and O–H groups in total. The van der Waals surface area contributed by atoms with Gasteiger partial charge in [0.05, 0.1) is 24.3 Å². The van der Waals surface area contributed by atoms with Crippen molar-refractivity contribution in [3.05, 3.63) is 34.7 Å². The van der Waals surface area contributed by atoms with E-state index in [-0.39, 0.29) is 34.9 Å². The van der Waals surface area contributed by atoms with Gasteiger partial charge < -0.3 is 25.0 Å². The van der Waals surface area contributed by atoms with Crippen LogP contribution in [0.1, 0.15) is 26.0 Å². The molecule has 4 heterocycles. The van der Waals surface area contributed by atoms with E-state index in [1.54, 1.807) is 30.9 Å². The zero-order valence-electron chi connectivity index (χ0n) is 15.6. The molecule has 0 bridgehead atoms. The number of carbonyl (C=O) groups is 2. The number of aliphatic hydroxyl groups is 1. The molecular formula is C19H23N3O5S. The highest BCUT2D eigenvalue weighted by atomic mass is 32.2. The number of amides is 1. The fourth-order valence-electron chi connectivity index (χ4n) is 4.35. The lowest BCUT2D eigenvalue weighted by Gasteiger charge is -2.46. The number of nitrogens with one attached hydrogen (secondary N) is 1. The summed E-state index contributed by atoms with van der Waals surface area (Å²) in [5.41, 5.74) is 0.0880. The number of hydrogen-bond acceptors (Lipinski definition) is 7. The van der Waals surface area contributed by atoms with Gasteiger partial charge in [0.15, 0.2) is 5.76 Å². The first-order chi connectivity index (χ1) is 13.4. The normalized spacial score (nSPS) is 33.5. The SMILES string of the molecule is C[C@@H](O)[C@H]1C(=O)N2C(C(=O)O)=C(S[C@@H]3CN[C@H](/C=C/c4ccno4)C3)[C@H](C)[C@H]12. The fourth-order valence-corrected chi connectivity index (χ4v) is 5.84. The zero-order chi connectivity index (χ0) is 20.0. The summed E-state index contributed by atoms with van der Waals surface area (Å²) < 4.78 is 5.05. The van der Waals surface area contributed by atoms with Gasteiger partial charge in [-0.05, 0) is 19.4 Å². The number of rotatable bonds is 6. The van der Waals surface area contributed by atoms with Crippen molar-refractivity contribution in [2.24, 2.45) is 11.8 Å². The highest BCUT2D eigenvalue weighted by Crippen LogP contribution is 2.51. The summed E-state index contributed by atoms with van der Waals surface area (Å²) in [5.74, 6) is -1.32. The molecule has 2 saturated heterocycles. The number of fused-ring (bicyclic) bond motifs is 1. The Hall–Kier alpha value is -2.10. The molecule has 1 aromatic rings. The minimum atomic E-state index is -1.08. The van der Waals surface area contributed by atoms with Crippen molar-refractivity contribution >= 4 is 29.7 Å². The quantitative estimate of drug-likeness (QED) is 0.607. The Kier molecular flexibility index (Phi) is 5.07. The van der Waals surface area contributed by atoms with E-state index in [1.165, 1.54) is 4.90 Å². The lowest BCUT2D eigenvalue weighted by Crippen LogP contribution is -2.63. The molecule has 3 aliphatic heterocycles. The third-order valence-corrected chi connectivity index (χ3v) is 7.19. The maximum Gasteiger partial charge on any atom is 0.353 e. The standard InChI is InChI=1S/C19H23N3O5S/c1-9-15-14(10(2)23)18(24)22(15)16(19(25)26)17(9)28-13-7-11(20-8-13)3-4-12-5-6-21-27-12/h3-6,9-11,13-15,20,23H,7-8H2,1-2H3,(H,25,26)/b4-3+/t9-,10-,11-,13+,14-,15-/m1/s1. The van der Waals surface area contributed by atoms with Crippen LogP contribution < -0.4 is 5.32 Å². The van der Waals surface area contributed by atoms with Gasteiger partial charge in [-0.1, -0.05) is 18.2 Å². The molecule has 1 amide bonds. The number of β-lactam (4-membered cyclic amide) rings is 1. The Morgan fingerprint density at radius 1 is 1.54 bits per heavy atom. The molecule has 0 aliphatic carbocycles. The Morgan fingerprint density at radius 3 is 2.96 bits per heavy atom. The smallest absolute Gasteiger partial charge is 0.353 e. The number of carboxylic acid groups (broad SMARTS) is 1. The molecule has 0 saturated carbocycles. The fraction of sp³-hybridized carbons (Fsp3) is 0.526. The van der Waals surface area contributed by atoms with Gasteiger partial charge >= 0.3 is 5.97 Å². The largest absolute Gasteiger partial charge is 0.477 e. The number of nitrogens with zero attached hydrogens (tertiary/aromatic N) is 2. The molecule has 0 radical (unpaired) electrons. The molecule has 6 atom stereocenters. The lowest BCUT2D eigenvalue weighted by atomic mass is 9.79. The van der Waals surface area contributed by atoms with Crippen molar-refractivity contribution in [3.63, 3.8) is 0 Å². The van der Waals surface area contributed by atoms with E-state index >= 15 is 0 Å². The Morgan fingerprint density at radius 2 is 2.32 bits per heavy atom. The van der Waals surface area contributed by atoms with Gasteiger partial charge in [-0.15, -0.1) is 11.8 Å². The van der Waals surface area contributed by atoms with Crippen molar-refractivity contribution in [2.75, 3.05) is 6.54 Å². The second kappa shape index (κ2) is 7.38. The van der Waals surface area contributed by atoms with Gasteiger partial charge in [-0.25, -0.2) is 4.79 Å². The summed E-state index contributed by atoms with van der Waals surface area (Å²) in [4.78, 5) is 26.4. The number of carbonyl (C=O) groups excluding carboxylic acids is 1. The van der Waals surface area contributed by atoms with Gasteiger partial charge in [-0.3, -0.25) is 4.79 Å². The minimum Gasteiger partial charge on any atom is -0.477 e. The van der Waals surface area contributed by atoms with Crippen LogP contribution in [-0.4, -0.2) is 62.1 Å². The molecule has 0 aromatic carbocycles. The molecule has 4 rings (SSSR count). The van der Waals surface area contributed by atoms with E-state index in [1.807, 2.05) is 19.1 Å². The number of hydrogen-bond donors (Lipinski definition) is 3. The average Bonchev–Trinajstić information content (AvgIpc) is 3.34.